The lowest BCUT2D eigenvalue weighted by atomic mass is 9.94. The number of hydrogen-bond donors (Lipinski definition) is 2. The van der Waals surface area contributed by atoms with Crippen molar-refractivity contribution in [2.45, 2.75) is 39.2 Å². The Balaban J connectivity index is 2.13. The fourth-order valence-corrected chi connectivity index (χ4v) is 2.25. The molecule has 2 rings (SSSR count). The van der Waals surface area contributed by atoms with Crippen molar-refractivity contribution < 1.29 is 4.79 Å². The van der Waals surface area contributed by atoms with Gasteiger partial charge in [0.25, 0.3) is 5.91 Å². The first kappa shape index (κ1) is 16.2. The Bertz CT molecular complexity index is 629. The van der Waals surface area contributed by atoms with Crippen molar-refractivity contribution in [3.05, 3.63) is 47.8 Å². The predicted molar refractivity (Wildman–Crippen MR) is 88.1 cm³/mol. The number of benzene rings is 1. The number of hydrogen-bond acceptors (Lipinski definition) is 3. The van der Waals surface area contributed by atoms with Gasteiger partial charge >= 0.3 is 0 Å². The van der Waals surface area contributed by atoms with Crippen molar-refractivity contribution in [1.29, 1.82) is 0 Å². The highest BCUT2D eigenvalue weighted by atomic mass is 16.1. The van der Waals surface area contributed by atoms with Gasteiger partial charge in [-0.05, 0) is 31.9 Å². The zero-order chi connectivity index (χ0) is 16.2. The molecule has 5 nitrogen and oxygen atoms in total. The van der Waals surface area contributed by atoms with Crippen LogP contribution in [0.3, 0.4) is 0 Å². The second-order valence-corrected chi connectivity index (χ2v) is 5.66. The van der Waals surface area contributed by atoms with Gasteiger partial charge < -0.3 is 11.1 Å². The molecule has 0 fully saturated rings. The molecule has 0 unspecified atom stereocenters. The summed E-state index contributed by atoms with van der Waals surface area (Å²) in [6.45, 7) is 6.38. The predicted octanol–water partition coefficient (Wildman–Crippen LogP) is 2.43. The summed E-state index contributed by atoms with van der Waals surface area (Å²) >= 11 is 0. The first-order chi connectivity index (χ1) is 10.5. The average Bonchev–Trinajstić information content (AvgIpc) is 2.95. The summed E-state index contributed by atoms with van der Waals surface area (Å²) in [7, 11) is 0. The second-order valence-electron chi connectivity index (χ2n) is 5.66. The summed E-state index contributed by atoms with van der Waals surface area (Å²) in [5.41, 5.74) is 8.09. The second kappa shape index (κ2) is 6.75. The maximum Gasteiger partial charge on any atom is 0.254 e. The minimum Gasteiger partial charge on any atom is -0.350 e. The maximum absolute atomic E-state index is 12.4. The maximum atomic E-state index is 12.4. The number of amides is 1. The lowest BCUT2D eigenvalue weighted by Gasteiger charge is -2.26. The summed E-state index contributed by atoms with van der Waals surface area (Å²) in [5.74, 6) is -0.128. The number of nitrogens with one attached hydrogen (secondary N) is 1. The topological polar surface area (TPSA) is 72.9 Å². The first-order valence-corrected chi connectivity index (χ1v) is 7.68. The van der Waals surface area contributed by atoms with E-state index in [4.69, 9.17) is 5.73 Å². The summed E-state index contributed by atoms with van der Waals surface area (Å²) in [4.78, 5) is 12.4. The third-order valence-corrected chi connectivity index (χ3v) is 4.17. The number of carbonyl (C=O) groups excluding carboxylic acids is 1. The van der Waals surface area contributed by atoms with Gasteiger partial charge in [0, 0.05) is 18.3 Å². The molecule has 118 valence electrons. The largest absolute Gasteiger partial charge is 0.350 e. The van der Waals surface area contributed by atoms with Gasteiger partial charge in [0.2, 0.25) is 0 Å². The molecule has 0 saturated heterocycles. The fourth-order valence-electron chi connectivity index (χ4n) is 2.25. The van der Waals surface area contributed by atoms with E-state index in [1.807, 2.05) is 51.1 Å². The van der Waals surface area contributed by atoms with Gasteiger partial charge in [0.05, 0.1) is 16.9 Å². The Kier molecular flexibility index (Phi) is 4.98. The number of nitrogens with two attached hydrogens (primary N) is 1. The molecule has 5 heteroatoms. The van der Waals surface area contributed by atoms with Crippen molar-refractivity contribution in [3.63, 3.8) is 0 Å². The van der Waals surface area contributed by atoms with E-state index in [1.165, 1.54) is 0 Å². The van der Waals surface area contributed by atoms with Crippen LogP contribution in [0.2, 0.25) is 0 Å². The van der Waals surface area contributed by atoms with Gasteiger partial charge in [-0.3, -0.25) is 4.79 Å². The van der Waals surface area contributed by atoms with Gasteiger partial charge in [-0.15, -0.1) is 0 Å². The van der Waals surface area contributed by atoms with Gasteiger partial charge in [0.1, 0.15) is 0 Å². The van der Waals surface area contributed by atoms with Crippen molar-refractivity contribution >= 4 is 5.91 Å². The van der Waals surface area contributed by atoms with E-state index >= 15 is 0 Å². The lowest BCUT2D eigenvalue weighted by Crippen LogP contribution is -2.49. The Morgan fingerprint density at radius 3 is 2.50 bits per heavy atom. The first-order valence-electron chi connectivity index (χ1n) is 7.68. The standard InChI is InChI=1S/C17H24N4O/c1-4-17(18,5-2)12-19-16(22)15-11-21(20-13(15)3)14-9-7-6-8-10-14/h6-11H,4-5,12,18H2,1-3H3,(H,19,22). The van der Waals surface area contributed by atoms with E-state index < -0.39 is 0 Å². The van der Waals surface area contributed by atoms with E-state index in [0.29, 0.717) is 17.8 Å². The van der Waals surface area contributed by atoms with Crippen molar-refractivity contribution in [3.8, 4) is 5.69 Å². The van der Waals surface area contributed by atoms with Crippen molar-refractivity contribution in [2.75, 3.05) is 6.54 Å². The van der Waals surface area contributed by atoms with Crippen LogP contribution < -0.4 is 11.1 Å². The molecule has 1 heterocycles. The number of carbonyl (C=O) groups is 1. The summed E-state index contributed by atoms with van der Waals surface area (Å²) in [6.07, 6.45) is 3.41. The average molecular weight is 300 g/mol. The van der Waals surface area contributed by atoms with E-state index in [-0.39, 0.29) is 11.4 Å². The highest BCUT2D eigenvalue weighted by molar-refractivity contribution is 5.95. The molecule has 0 aliphatic carbocycles. The smallest absolute Gasteiger partial charge is 0.254 e. The molecule has 0 aliphatic rings. The molecule has 1 amide bonds. The molecule has 3 N–H and O–H groups in total. The van der Waals surface area contributed by atoms with Crippen LogP contribution in [0.15, 0.2) is 36.5 Å². The lowest BCUT2D eigenvalue weighted by molar-refractivity contribution is 0.0941. The Morgan fingerprint density at radius 1 is 1.27 bits per heavy atom. The zero-order valence-corrected chi connectivity index (χ0v) is 13.5. The SMILES string of the molecule is CCC(N)(CC)CNC(=O)c1cn(-c2ccccc2)nc1C. The monoisotopic (exact) mass is 300 g/mol. The number of aromatic nitrogens is 2. The molecular weight excluding hydrogens is 276 g/mol. The van der Waals surface area contributed by atoms with Gasteiger partial charge in [0.15, 0.2) is 0 Å². The van der Waals surface area contributed by atoms with Gasteiger partial charge in [-0.2, -0.15) is 5.10 Å². The molecule has 1 aromatic carbocycles. The Morgan fingerprint density at radius 2 is 1.91 bits per heavy atom. The fraction of sp³-hybridized carbons (Fsp3) is 0.412. The molecule has 0 spiro atoms. The minimum atomic E-state index is -0.348. The summed E-state index contributed by atoms with van der Waals surface area (Å²) < 4.78 is 1.72. The summed E-state index contributed by atoms with van der Waals surface area (Å²) in [6, 6.07) is 9.74. The van der Waals surface area contributed by atoms with Crippen LogP contribution in [0.25, 0.3) is 5.69 Å². The van der Waals surface area contributed by atoms with Crippen LogP contribution >= 0.6 is 0 Å². The van der Waals surface area contributed by atoms with E-state index in [0.717, 1.165) is 18.5 Å². The molecule has 0 bridgehead atoms. The molecule has 22 heavy (non-hydrogen) atoms. The summed E-state index contributed by atoms with van der Waals surface area (Å²) in [5, 5.41) is 7.34. The van der Waals surface area contributed by atoms with Gasteiger partial charge in [-0.1, -0.05) is 32.0 Å². The quantitative estimate of drug-likeness (QED) is 0.860. The Labute approximate surface area is 131 Å². The molecular formula is C17H24N4O. The minimum absolute atomic E-state index is 0.128. The molecule has 0 saturated carbocycles. The van der Waals surface area contributed by atoms with Crippen LogP contribution in [-0.2, 0) is 0 Å². The van der Waals surface area contributed by atoms with E-state index in [1.54, 1.807) is 10.9 Å². The molecule has 0 aliphatic heterocycles. The van der Waals surface area contributed by atoms with E-state index in [9.17, 15) is 4.79 Å². The normalized spacial score (nSPS) is 11.5. The molecule has 2 aromatic rings. The van der Waals surface area contributed by atoms with Crippen LogP contribution in [0, 0.1) is 6.92 Å². The molecule has 0 atom stereocenters. The van der Waals surface area contributed by atoms with Crippen LogP contribution in [0.1, 0.15) is 42.7 Å². The number of rotatable bonds is 6. The zero-order valence-electron chi connectivity index (χ0n) is 13.5. The van der Waals surface area contributed by atoms with Gasteiger partial charge in [-0.25, -0.2) is 4.68 Å². The van der Waals surface area contributed by atoms with Crippen LogP contribution in [0.4, 0.5) is 0 Å². The van der Waals surface area contributed by atoms with Crippen molar-refractivity contribution in [1.82, 2.24) is 15.1 Å². The molecule has 0 radical (unpaired) electrons. The van der Waals surface area contributed by atoms with Crippen LogP contribution in [0.5, 0.6) is 0 Å². The number of nitrogens with zero attached hydrogens (tertiary/aromatic N) is 2. The third kappa shape index (κ3) is 3.54. The van der Waals surface area contributed by atoms with Crippen molar-refractivity contribution in [2.24, 2.45) is 5.73 Å². The van der Waals surface area contributed by atoms with E-state index in [2.05, 4.69) is 10.4 Å². The highest BCUT2D eigenvalue weighted by Gasteiger charge is 2.22. The number of para-hydroxylation sites is 1. The van der Waals surface area contributed by atoms with Crippen LogP contribution in [-0.4, -0.2) is 27.8 Å². The third-order valence-electron chi connectivity index (χ3n) is 4.17. The molecule has 1 aromatic heterocycles. The number of aryl methyl sites for hydroxylation is 1. The highest BCUT2D eigenvalue weighted by Crippen LogP contribution is 2.13. The Hall–Kier alpha value is -2.14.